The molecule has 1 saturated heterocycles. The number of benzene rings is 1. The van der Waals surface area contributed by atoms with Gasteiger partial charge in [0.15, 0.2) is 0 Å². The van der Waals surface area contributed by atoms with Crippen LogP contribution in [-0.2, 0) is 9.53 Å². The van der Waals surface area contributed by atoms with E-state index in [2.05, 4.69) is 17.2 Å². The Morgan fingerprint density at radius 3 is 3.10 bits per heavy atom. The lowest BCUT2D eigenvalue weighted by Crippen LogP contribution is -2.23. The third-order valence-corrected chi connectivity index (χ3v) is 3.19. The summed E-state index contributed by atoms with van der Waals surface area (Å²) < 4.78 is 5.23. The summed E-state index contributed by atoms with van der Waals surface area (Å²) in [5.41, 5.74) is 2.59. The number of carbonyl (C=O) groups is 1. The van der Waals surface area contributed by atoms with Gasteiger partial charge in [-0.25, -0.2) is 0 Å². The van der Waals surface area contributed by atoms with Crippen LogP contribution in [0.4, 0.5) is 5.69 Å². The minimum absolute atomic E-state index is 0.0171. The molecule has 0 bridgehead atoms. The number of aryl methyl sites for hydroxylation is 1. The van der Waals surface area contributed by atoms with Crippen molar-refractivity contribution in [1.29, 1.82) is 0 Å². The van der Waals surface area contributed by atoms with Gasteiger partial charge in [0, 0.05) is 18.6 Å². The van der Waals surface area contributed by atoms with Crippen LogP contribution in [0.2, 0.25) is 0 Å². The molecule has 1 unspecified atom stereocenters. The molecule has 1 heterocycles. The van der Waals surface area contributed by atoms with Gasteiger partial charge in [0.25, 0.3) is 0 Å². The van der Waals surface area contributed by atoms with Crippen LogP contribution in [0, 0.1) is 24.7 Å². The first-order chi connectivity index (χ1) is 9.70. The number of anilines is 1. The van der Waals surface area contributed by atoms with Crippen molar-refractivity contribution in [2.75, 3.05) is 25.1 Å². The van der Waals surface area contributed by atoms with Crippen LogP contribution in [0.5, 0.6) is 0 Å². The van der Waals surface area contributed by atoms with Gasteiger partial charge in [-0.05, 0) is 31.0 Å². The second kappa shape index (κ2) is 7.09. The molecule has 0 spiro atoms. The van der Waals surface area contributed by atoms with Gasteiger partial charge < -0.3 is 15.2 Å². The SMILES string of the molecule is Cc1ccc(NC(=O)C2CCOC2)c(C#CCCO)c1. The highest BCUT2D eigenvalue weighted by atomic mass is 16.5. The predicted molar refractivity (Wildman–Crippen MR) is 77.3 cm³/mol. The maximum absolute atomic E-state index is 12.1. The first kappa shape index (κ1) is 14.6. The second-order valence-corrected chi connectivity index (χ2v) is 4.87. The van der Waals surface area contributed by atoms with Crippen molar-refractivity contribution in [2.45, 2.75) is 19.8 Å². The van der Waals surface area contributed by atoms with Crippen molar-refractivity contribution in [1.82, 2.24) is 0 Å². The fraction of sp³-hybridized carbons (Fsp3) is 0.438. The van der Waals surface area contributed by atoms with Crippen LogP contribution in [0.15, 0.2) is 18.2 Å². The molecule has 1 aliphatic heterocycles. The molecule has 0 radical (unpaired) electrons. The van der Waals surface area contributed by atoms with Crippen molar-refractivity contribution >= 4 is 11.6 Å². The molecule has 1 amide bonds. The molecule has 0 aliphatic carbocycles. The molecule has 1 fully saturated rings. The molecule has 0 saturated carbocycles. The van der Waals surface area contributed by atoms with Crippen molar-refractivity contribution in [3.05, 3.63) is 29.3 Å². The third-order valence-electron chi connectivity index (χ3n) is 3.19. The number of hydrogen-bond donors (Lipinski definition) is 2. The first-order valence-corrected chi connectivity index (χ1v) is 6.79. The minimum Gasteiger partial charge on any atom is -0.395 e. The summed E-state index contributed by atoms with van der Waals surface area (Å²) >= 11 is 0. The van der Waals surface area contributed by atoms with E-state index in [1.54, 1.807) is 0 Å². The lowest BCUT2D eigenvalue weighted by atomic mass is 10.1. The largest absolute Gasteiger partial charge is 0.395 e. The molecule has 4 heteroatoms. The predicted octanol–water partition coefficient (Wildman–Crippen LogP) is 1.70. The zero-order valence-corrected chi connectivity index (χ0v) is 11.6. The van der Waals surface area contributed by atoms with Gasteiger partial charge in [-0.15, -0.1) is 0 Å². The Kier molecular flexibility index (Phi) is 5.16. The normalized spacial score (nSPS) is 17.4. The van der Waals surface area contributed by atoms with Crippen LogP contribution in [-0.4, -0.2) is 30.8 Å². The monoisotopic (exact) mass is 273 g/mol. The van der Waals surface area contributed by atoms with Crippen LogP contribution >= 0.6 is 0 Å². The van der Waals surface area contributed by atoms with Gasteiger partial charge in [-0.1, -0.05) is 17.9 Å². The number of amides is 1. The van der Waals surface area contributed by atoms with E-state index in [9.17, 15) is 4.79 Å². The number of nitrogens with one attached hydrogen (secondary N) is 1. The molecular weight excluding hydrogens is 254 g/mol. The van der Waals surface area contributed by atoms with Gasteiger partial charge in [-0.2, -0.15) is 0 Å². The zero-order valence-electron chi connectivity index (χ0n) is 11.6. The Balaban J connectivity index is 2.14. The molecule has 1 atom stereocenters. The standard InChI is InChI=1S/C16H19NO3/c1-12-5-6-15(13(10-12)4-2-3-8-18)17-16(19)14-7-9-20-11-14/h5-6,10,14,18H,3,7-9,11H2,1H3,(H,17,19). The summed E-state index contributed by atoms with van der Waals surface area (Å²) in [7, 11) is 0. The van der Waals surface area contributed by atoms with Gasteiger partial charge >= 0.3 is 0 Å². The second-order valence-electron chi connectivity index (χ2n) is 4.87. The summed E-state index contributed by atoms with van der Waals surface area (Å²) in [6.07, 6.45) is 1.20. The van der Waals surface area contributed by atoms with E-state index in [1.807, 2.05) is 25.1 Å². The average Bonchev–Trinajstić information content (AvgIpc) is 2.96. The number of aliphatic hydroxyl groups is 1. The van der Waals surface area contributed by atoms with Crippen molar-refractivity contribution < 1.29 is 14.6 Å². The van der Waals surface area contributed by atoms with E-state index < -0.39 is 0 Å². The van der Waals surface area contributed by atoms with Gasteiger partial charge in [0.2, 0.25) is 5.91 Å². The van der Waals surface area contributed by atoms with E-state index >= 15 is 0 Å². The summed E-state index contributed by atoms with van der Waals surface area (Å²) in [6, 6.07) is 5.75. The lowest BCUT2D eigenvalue weighted by molar-refractivity contribution is -0.119. The Hall–Kier alpha value is -1.83. The highest BCUT2D eigenvalue weighted by Crippen LogP contribution is 2.20. The maximum Gasteiger partial charge on any atom is 0.229 e. The summed E-state index contributed by atoms with van der Waals surface area (Å²) in [5.74, 6) is 5.79. The quantitative estimate of drug-likeness (QED) is 0.824. The molecule has 2 N–H and O–H groups in total. The van der Waals surface area contributed by atoms with Gasteiger partial charge in [0.1, 0.15) is 0 Å². The molecule has 4 nitrogen and oxygen atoms in total. The molecular formula is C16H19NO3. The fourth-order valence-corrected chi connectivity index (χ4v) is 2.06. The lowest BCUT2D eigenvalue weighted by Gasteiger charge is -2.11. The number of aliphatic hydroxyl groups excluding tert-OH is 1. The summed E-state index contributed by atoms with van der Waals surface area (Å²) in [5, 5.41) is 11.7. The van der Waals surface area contributed by atoms with Crippen LogP contribution in [0.1, 0.15) is 24.0 Å². The number of rotatable bonds is 3. The third kappa shape index (κ3) is 3.83. The Morgan fingerprint density at radius 1 is 1.55 bits per heavy atom. The molecule has 20 heavy (non-hydrogen) atoms. The number of ether oxygens (including phenoxy) is 1. The molecule has 0 aromatic heterocycles. The maximum atomic E-state index is 12.1. The highest BCUT2D eigenvalue weighted by molar-refractivity contribution is 5.94. The number of carbonyl (C=O) groups excluding carboxylic acids is 1. The smallest absolute Gasteiger partial charge is 0.229 e. The first-order valence-electron chi connectivity index (χ1n) is 6.79. The molecule has 2 rings (SSSR count). The van der Waals surface area contributed by atoms with E-state index in [4.69, 9.17) is 9.84 Å². The van der Waals surface area contributed by atoms with Crippen molar-refractivity contribution in [3.8, 4) is 11.8 Å². The average molecular weight is 273 g/mol. The molecule has 106 valence electrons. The number of hydrogen-bond acceptors (Lipinski definition) is 3. The van der Waals surface area contributed by atoms with Gasteiger partial charge in [0.05, 0.1) is 24.8 Å². The highest BCUT2D eigenvalue weighted by Gasteiger charge is 2.23. The molecule has 1 aliphatic rings. The Morgan fingerprint density at radius 2 is 2.40 bits per heavy atom. The van der Waals surface area contributed by atoms with Crippen LogP contribution in [0.3, 0.4) is 0 Å². The van der Waals surface area contributed by atoms with E-state index in [0.29, 0.717) is 19.6 Å². The Labute approximate surface area is 119 Å². The Bertz CT molecular complexity index is 536. The van der Waals surface area contributed by atoms with Crippen molar-refractivity contribution in [3.63, 3.8) is 0 Å². The topological polar surface area (TPSA) is 58.6 Å². The fourth-order valence-electron chi connectivity index (χ4n) is 2.06. The van der Waals surface area contributed by atoms with Crippen LogP contribution < -0.4 is 5.32 Å². The summed E-state index contributed by atoms with van der Waals surface area (Å²) in [6.45, 7) is 3.16. The molecule has 1 aromatic rings. The van der Waals surface area contributed by atoms with E-state index in [-0.39, 0.29) is 18.4 Å². The minimum atomic E-state index is -0.0745. The van der Waals surface area contributed by atoms with Crippen LogP contribution in [0.25, 0.3) is 0 Å². The van der Waals surface area contributed by atoms with E-state index in [0.717, 1.165) is 23.2 Å². The van der Waals surface area contributed by atoms with Crippen molar-refractivity contribution in [2.24, 2.45) is 5.92 Å². The van der Waals surface area contributed by atoms with E-state index in [1.165, 1.54) is 0 Å². The van der Waals surface area contributed by atoms with Gasteiger partial charge in [-0.3, -0.25) is 4.79 Å². The summed E-state index contributed by atoms with van der Waals surface area (Å²) in [4.78, 5) is 12.1. The molecule has 1 aromatic carbocycles. The zero-order chi connectivity index (χ0) is 14.4.